The highest BCUT2D eigenvalue weighted by molar-refractivity contribution is 6.04. The molecule has 14 heteroatoms. The number of esters is 2. The van der Waals surface area contributed by atoms with Gasteiger partial charge in [-0.3, -0.25) is 9.59 Å². The molecule has 14 nitrogen and oxygen atoms in total. The van der Waals surface area contributed by atoms with Gasteiger partial charge in [-0.05, 0) is 38.2 Å². The van der Waals surface area contributed by atoms with E-state index < -0.39 is 83.8 Å². The number of nitrogens with one attached hydrogen (secondary N) is 1. The van der Waals surface area contributed by atoms with Crippen molar-refractivity contribution in [3.63, 3.8) is 0 Å². The molecule has 1 saturated heterocycles. The molecule has 3 rings (SSSR count). The van der Waals surface area contributed by atoms with E-state index in [1.807, 2.05) is 53.7 Å². The third kappa shape index (κ3) is 12.5. The molecule has 0 spiro atoms. The molecule has 0 aromatic rings. The van der Waals surface area contributed by atoms with Crippen LogP contribution in [0.5, 0.6) is 0 Å². The molecule has 2 heterocycles. The largest absolute Gasteiger partial charge is 0.510 e. The number of allylic oxidation sites excluding steroid dienone is 7. The van der Waals surface area contributed by atoms with Gasteiger partial charge in [0.2, 0.25) is 11.7 Å². The van der Waals surface area contributed by atoms with Gasteiger partial charge in [0.15, 0.2) is 11.6 Å². The van der Waals surface area contributed by atoms with Gasteiger partial charge in [-0.25, -0.2) is 9.59 Å². The normalized spacial score (nSPS) is 35.5. The Labute approximate surface area is 342 Å². The molecule has 0 saturated carbocycles. The van der Waals surface area contributed by atoms with Gasteiger partial charge >= 0.3 is 11.9 Å². The molecule has 0 aromatic carbocycles. The number of rotatable bonds is 11. The van der Waals surface area contributed by atoms with Crippen molar-refractivity contribution in [2.75, 3.05) is 14.2 Å². The minimum Gasteiger partial charge on any atom is -0.510 e. The first-order valence-electron chi connectivity index (χ1n) is 20.1. The standard InChI is InChI=1S/C44H65NO13/c1-23(2)41-28(7)35(56-37(49)18-17-36(48)45-38-31(46)15-16-32(38)47)22-44(53,58-41)30(9)40(51)29(8)42-33(54-10)14-12-13-24(3)19-26(5)39(50)27(6)20-25(4)21-34(55-11)43(52)57-42/h12-14,17-18,20-21,23,26-30,33,35,39-42,46,50-51,53H,15-16,19,22H2,1-11H3,(H,45,48)/b14-12+,18-17+,24-13+,25-20-,34-21+/t26-,27+,28-,29-,30-,33-,35+,39-,40+,41+,42?,44+/m0/s1. The number of ketones is 1. The van der Waals surface area contributed by atoms with E-state index in [9.17, 15) is 39.6 Å². The van der Waals surface area contributed by atoms with Crippen LogP contribution in [0.2, 0.25) is 0 Å². The van der Waals surface area contributed by atoms with E-state index >= 15 is 0 Å². The monoisotopic (exact) mass is 815 g/mol. The van der Waals surface area contributed by atoms with Crippen molar-refractivity contribution in [1.82, 2.24) is 5.32 Å². The molecule has 0 radical (unpaired) electrons. The van der Waals surface area contributed by atoms with Gasteiger partial charge < -0.3 is 49.4 Å². The fourth-order valence-corrected chi connectivity index (χ4v) is 7.95. The van der Waals surface area contributed by atoms with Crippen molar-refractivity contribution in [1.29, 1.82) is 0 Å². The quantitative estimate of drug-likeness (QED) is 0.137. The van der Waals surface area contributed by atoms with Crippen molar-refractivity contribution in [2.24, 2.45) is 35.5 Å². The van der Waals surface area contributed by atoms with Crippen LogP contribution in [0.1, 0.15) is 88.0 Å². The number of carbonyl (C=O) groups excluding carboxylic acids is 4. The summed E-state index contributed by atoms with van der Waals surface area (Å²) in [5.74, 6) is -8.07. The zero-order chi connectivity index (χ0) is 43.6. The van der Waals surface area contributed by atoms with Gasteiger partial charge in [0.05, 0.1) is 25.4 Å². The molecule has 0 bridgehead atoms. The lowest BCUT2D eigenvalue weighted by molar-refractivity contribution is -0.329. The smallest absolute Gasteiger partial charge is 0.373 e. The molecule has 12 atom stereocenters. The van der Waals surface area contributed by atoms with Crippen LogP contribution in [0.3, 0.4) is 0 Å². The Balaban J connectivity index is 1.92. The lowest BCUT2D eigenvalue weighted by Gasteiger charge is -2.50. The number of methoxy groups -OCH3 is 2. The van der Waals surface area contributed by atoms with Crippen molar-refractivity contribution in [3.05, 3.63) is 70.9 Å². The fraction of sp³-hybridized carbons (Fsp3) is 0.636. The third-order valence-electron chi connectivity index (χ3n) is 11.5. The molecule has 324 valence electrons. The number of aliphatic hydroxyl groups is 4. The number of hydrogen-bond donors (Lipinski definition) is 5. The first kappa shape index (κ1) is 48.3. The maximum Gasteiger partial charge on any atom is 0.373 e. The molecule has 5 N–H and O–H groups in total. The van der Waals surface area contributed by atoms with E-state index in [2.05, 4.69) is 5.32 Å². The van der Waals surface area contributed by atoms with Crippen LogP contribution < -0.4 is 5.32 Å². The van der Waals surface area contributed by atoms with Crippen LogP contribution >= 0.6 is 0 Å². The van der Waals surface area contributed by atoms with Crippen molar-refractivity contribution < 1.29 is 63.3 Å². The summed E-state index contributed by atoms with van der Waals surface area (Å²) in [6, 6.07) is 0. The first-order valence-corrected chi connectivity index (χ1v) is 20.1. The summed E-state index contributed by atoms with van der Waals surface area (Å²) in [4.78, 5) is 51.1. The van der Waals surface area contributed by atoms with Gasteiger partial charge in [-0.1, -0.05) is 83.9 Å². The summed E-state index contributed by atoms with van der Waals surface area (Å²) < 4.78 is 29.5. The van der Waals surface area contributed by atoms with E-state index in [1.165, 1.54) is 20.3 Å². The van der Waals surface area contributed by atoms with E-state index in [0.717, 1.165) is 17.7 Å². The summed E-state index contributed by atoms with van der Waals surface area (Å²) in [6.45, 7) is 16.5. The SMILES string of the molecule is CO/C1=C/C(C)=C\[C@@H](C)[C@@H](O)[C@@H](C)C/C(C)=C/C=C/[C@H](OC)C([C@@H](C)[C@@H](O)[C@H](C)[C@@]2(O)C[C@@H](OC(=O)/C=C/C(=O)NC3=C(O)CCC3=O)[C@H](C)[C@@H](C(C)C)O2)OC1=O. The van der Waals surface area contributed by atoms with Crippen molar-refractivity contribution >= 4 is 23.6 Å². The van der Waals surface area contributed by atoms with Gasteiger partial charge in [-0.2, -0.15) is 0 Å². The average Bonchev–Trinajstić information content (AvgIpc) is 3.48. The maximum atomic E-state index is 13.7. The molecule has 1 unspecified atom stereocenters. The summed E-state index contributed by atoms with van der Waals surface area (Å²) >= 11 is 0. The number of cyclic esters (lactones) is 1. The molecule has 3 aliphatic rings. The van der Waals surface area contributed by atoms with Crippen LogP contribution in [0.4, 0.5) is 0 Å². The average molecular weight is 816 g/mol. The number of aliphatic hydroxyl groups excluding tert-OH is 3. The number of amides is 1. The fourth-order valence-electron chi connectivity index (χ4n) is 7.95. The summed E-state index contributed by atoms with van der Waals surface area (Å²) in [6.07, 6.45) is 5.61. The van der Waals surface area contributed by atoms with Gasteiger partial charge in [0, 0.05) is 62.2 Å². The summed E-state index contributed by atoms with van der Waals surface area (Å²) in [5, 5.41) is 47.4. The molecule has 0 aromatic heterocycles. The minimum absolute atomic E-state index is 0.0594. The second-order valence-electron chi connectivity index (χ2n) is 16.5. The van der Waals surface area contributed by atoms with Crippen LogP contribution in [-0.2, 0) is 42.9 Å². The molecule has 1 amide bonds. The lowest BCUT2D eigenvalue weighted by atomic mass is 9.76. The number of ether oxygens (including phenoxy) is 5. The van der Waals surface area contributed by atoms with Crippen LogP contribution in [0, 0.1) is 35.5 Å². The van der Waals surface area contributed by atoms with Gasteiger partial charge in [0.25, 0.3) is 0 Å². The first-order chi connectivity index (χ1) is 27.1. The predicted octanol–water partition coefficient (Wildman–Crippen LogP) is 5.05. The number of Topliss-reactive ketones (excluding diaryl/α,β-unsaturated/α-hetero) is 1. The highest BCUT2D eigenvalue weighted by Gasteiger charge is 2.53. The lowest BCUT2D eigenvalue weighted by Crippen LogP contribution is -2.59. The van der Waals surface area contributed by atoms with Gasteiger partial charge in [0.1, 0.15) is 29.8 Å². The van der Waals surface area contributed by atoms with E-state index in [4.69, 9.17) is 23.7 Å². The second kappa shape index (κ2) is 21.3. The summed E-state index contributed by atoms with van der Waals surface area (Å²) in [7, 11) is 2.79. The van der Waals surface area contributed by atoms with E-state index in [-0.39, 0.29) is 54.2 Å². The number of hydrogen-bond acceptors (Lipinski definition) is 13. The Bertz CT molecular complexity index is 1670. The molecular formula is C44H65NO13. The maximum absolute atomic E-state index is 13.7. The van der Waals surface area contributed by atoms with E-state index in [0.29, 0.717) is 12.0 Å². The van der Waals surface area contributed by atoms with Crippen LogP contribution in [0.25, 0.3) is 0 Å². The topological polar surface area (TPSA) is 207 Å². The Kier molecular flexibility index (Phi) is 17.7. The second-order valence-corrected chi connectivity index (χ2v) is 16.5. The van der Waals surface area contributed by atoms with Crippen LogP contribution in [-0.4, -0.2) is 101 Å². The van der Waals surface area contributed by atoms with Gasteiger partial charge in [-0.15, -0.1) is 0 Å². The Morgan fingerprint density at radius 1 is 1.03 bits per heavy atom. The van der Waals surface area contributed by atoms with Crippen LogP contribution in [0.15, 0.2) is 70.9 Å². The third-order valence-corrected chi connectivity index (χ3v) is 11.5. The molecule has 1 aliphatic carbocycles. The Hall–Kier alpha value is -4.08. The molecule has 58 heavy (non-hydrogen) atoms. The van der Waals surface area contributed by atoms with Crippen molar-refractivity contribution in [3.8, 4) is 0 Å². The highest BCUT2D eigenvalue weighted by Crippen LogP contribution is 2.42. The molecule has 2 aliphatic heterocycles. The molecule has 1 fully saturated rings. The number of carbonyl (C=O) groups is 4. The minimum atomic E-state index is -2.04. The van der Waals surface area contributed by atoms with E-state index in [1.54, 1.807) is 32.9 Å². The molecular weight excluding hydrogens is 750 g/mol. The van der Waals surface area contributed by atoms with Crippen molar-refractivity contribution in [2.45, 2.75) is 130 Å². The highest BCUT2D eigenvalue weighted by atomic mass is 16.6. The summed E-state index contributed by atoms with van der Waals surface area (Å²) in [5.41, 5.74) is 1.48. The zero-order valence-electron chi connectivity index (χ0n) is 35.8. The predicted molar refractivity (Wildman–Crippen MR) is 215 cm³/mol. The zero-order valence-corrected chi connectivity index (χ0v) is 35.8. The Morgan fingerprint density at radius 2 is 1.71 bits per heavy atom. The Morgan fingerprint density at radius 3 is 2.29 bits per heavy atom.